The molecule has 14 heavy (non-hydrogen) atoms. The molecule has 82 valence electrons. The molecule has 0 bridgehead atoms. The molecule has 1 fully saturated rings. The van der Waals surface area contributed by atoms with Gasteiger partial charge in [-0.2, -0.15) is 0 Å². The van der Waals surface area contributed by atoms with Crippen molar-refractivity contribution in [3.8, 4) is 0 Å². The van der Waals surface area contributed by atoms with Crippen molar-refractivity contribution in [3.05, 3.63) is 12.2 Å². The van der Waals surface area contributed by atoms with Crippen LogP contribution >= 0.6 is 0 Å². The second kappa shape index (κ2) is 4.48. The van der Waals surface area contributed by atoms with Crippen LogP contribution in [0.1, 0.15) is 40.5 Å². The van der Waals surface area contributed by atoms with E-state index in [0.717, 1.165) is 5.92 Å². The molecule has 0 heterocycles. The number of aliphatic hydroxyl groups excluding tert-OH is 1. The van der Waals surface area contributed by atoms with Crippen LogP contribution in [0.4, 0.5) is 0 Å². The maximum absolute atomic E-state index is 8.94. The molecule has 1 nitrogen and oxygen atoms in total. The van der Waals surface area contributed by atoms with Gasteiger partial charge in [0.15, 0.2) is 0 Å². The van der Waals surface area contributed by atoms with Crippen molar-refractivity contribution >= 4 is 0 Å². The van der Waals surface area contributed by atoms with Gasteiger partial charge in [-0.25, -0.2) is 0 Å². The third-order valence-electron chi connectivity index (χ3n) is 4.10. The molecule has 3 unspecified atom stereocenters. The van der Waals surface area contributed by atoms with Gasteiger partial charge in [-0.1, -0.05) is 39.8 Å². The Labute approximate surface area is 88.2 Å². The Balaban J connectivity index is 2.58. The summed E-state index contributed by atoms with van der Waals surface area (Å²) in [6.07, 6.45) is 7.15. The number of allylic oxidation sites excluding steroid dienone is 1. The Morgan fingerprint density at radius 3 is 2.50 bits per heavy atom. The molecular formula is C13H24O. The van der Waals surface area contributed by atoms with Crippen LogP contribution in [0.15, 0.2) is 12.2 Å². The van der Waals surface area contributed by atoms with Gasteiger partial charge in [0, 0.05) is 6.61 Å². The molecule has 0 aliphatic heterocycles. The highest BCUT2D eigenvalue weighted by molar-refractivity contribution is 5.02. The molecule has 0 aromatic carbocycles. The summed E-state index contributed by atoms with van der Waals surface area (Å²) < 4.78 is 0. The standard InChI is InChI=1S/C13H24O/c1-10(9-14)5-7-12-8-6-11(2)13(12,3)4/h5,7,10-12,14H,6,8-9H2,1-4H3. The summed E-state index contributed by atoms with van der Waals surface area (Å²) in [5.74, 6) is 1.83. The minimum absolute atomic E-state index is 0.263. The van der Waals surface area contributed by atoms with E-state index in [4.69, 9.17) is 5.11 Å². The number of hydrogen-bond donors (Lipinski definition) is 1. The average molecular weight is 196 g/mol. The van der Waals surface area contributed by atoms with E-state index in [1.54, 1.807) is 0 Å². The van der Waals surface area contributed by atoms with Gasteiger partial charge in [0.05, 0.1) is 0 Å². The van der Waals surface area contributed by atoms with Crippen LogP contribution in [0, 0.1) is 23.2 Å². The molecule has 0 aromatic heterocycles. The van der Waals surface area contributed by atoms with Gasteiger partial charge in [-0.05, 0) is 36.0 Å². The third-order valence-corrected chi connectivity index (χ3v) is 4.10. The van der Waals surface area contributed by atoms with Crippen LogP contribution in [0.3, 0.4) is 0 Å². The second-order valence-electron chi connectivity index (χ2n) is 5.45. The first kappa shape index (κ1) is 11.8. The second-order valence-corrected chi connectivity index (χ2v) is 5.45. The lowest BCUT2D eigenvalue weighted by atomic mass is 9.76. The van der Waals surface area contributed by atoms with E-state index in [9.17, 15) is 0 Å². The quantitative estimate of drug-likeness (QED) is 0.687. The summed E-state index contributed by atoms with van der Waals surface area (Å²) in [4.78, 5) is 0. The van der Waals surface area contributed by atoms with E-state index in [0.29, 0.717) is 17.3 Å². The number of aliphatic hydroxyl groups is 1. The summed E-state index contributed by atoms with van der Waals surface area (Å²) in [7, 11) is 0. The van der Waals surface area contributed by atoms with Crippen LogP contribution in [0.25, 0.3) is 0 Å². The fourth-order valence-corrected chi connectivity index (χ4v) is 2.27. The predicted octanol–water partition coefficient (Wildman–Crippen LogP) is 3.24. The first-order valence-electron chi connectivity index (χ1n) is 5.77. The van der Waals surface area contributed by atoms with Crippen LogP contribution in [-0.2, 0) is 0 Å². The Hall–Kier alpha value is -0.300. The molecule has 1 aliphatic carbocycles. The third kappa shape index (κ3) is 2.38. The first-order chi connectivity index (χ1) is 6.48. The van der Waals surface area contributed by atoms with Crippen molar-refractivity contribution in [1.82, 2.24) is 0 Å². The summed E-state index contributed by atoms with van der Waals surface area (Å²) in [5, 5.41) is 8.94. The zero-order valence-corrected chi connectivity index (χ0v) is 9.96. The molecular weight excluding hydrogens is 172 g/mol. The Kier molecular flexibility index (Phi) is 3.77. The SMILES string of the molecule is CC(C=CC1CCC(C)C1(C)C)CO. The van der Waals surface area contributed by atoms with E-state index in [-0.39, 0.29) is 6.61 Å². The highest BCUT2D eigenvalue weighted by Crippen LogP contribution is 2.47. The van der Waals surface area contributed by atoms with Crippen molar-refractivity contribution in [1.29, 1.82) is 0 Å². The van der Waals surface area contributed by atoms with Crippen LogP contribution in [0.2, 0.25) is 0 Å². The maximum Gasteiger partial charge on any atom is 0.0491 e. The van der Waals surface area contributed by atoms with Crippen molar-refractivity contribution < 1.29 is 5.11 Å². The zero-order valence-electron chi connectivity index (χ0n) is 9.96. The van der Waals surface area contributed by atoms with Crippen molar-refractivity contribution in [2.75, 3.05) is 6.61 Å². The maximum atomic E-state index is 8.94. The Morgan fingerprint density at radius 1 is 1.43 bits per heavy atom. The molecule has 1 aliphatic rings. The molecule has 0 saturated heterocycles. The lowest BCUT2D eigenvalue weighted by Gasteiger charge is -2.29. The fraction of sp³-hybridized carbons (Fsp3) is 0.846. The molecule has 1 N–H and O–H groups in total. The molecule has 1 heteroatoms. The molecule has 1 rings (SSSR count). The molecule has 0 spiro atoms. The summed E-state index contributed by atoms with van der Waals surface area (Å²) in [5.41, 5.74) is 0.436. The van der Waals surface area contributed by atoms with Crippen LogP contribution in [-0.4, -0.2) is 11.7 Å². The number of rotatable bonds is 3. The van der Waals surface area contributed by atoms with Crippen molar-refractivity contribution in [3.63, 3.8) is 0 Å². The highest BCUT2D eigenvalue weighted by Gasteiger charge is 2.38. The van der Waals surface area contributed by atoms with Gasteiger partial charge in [-0.3, -0.25) is 0 Å². The first-order valence-corrected chi connectivity index (χ1v) is 5.77. The minimum atomic E-state index is 0.263. The molecule has 0 radical (unpaired) electrons. The largest absolute Gasteiger partial charge is 0.396 e. The van der Waals surface area contributed by atoms with Gasteiger partial charge in [0.1, 0.15) is 0 Å². The molecule has 1 saturated carbocycles. The van der Waals surface area contributed by atoms with Gasteiger partial charge in [0.2, 0.25) is 0 Å². The monoisotopic (exact) mass is 196 g/mol. The zero-order chi connectivity index (χ0) is 10.8. The average Bonchev–Trinajstić information content (AvgIpc) is 2.39. The van der Waals surface area contributed by atoms with E-state index >= 15 is 0 Å². The summed E-state index contributed by atoms with van der Waals surface area (Å²) in [6, 6.07) is 0. The highest BCUT2D eigenvalue weighted by atomic mass is 16.3. The lowest BCUT2D eigenvalue weighted by molar-refractivity contribution is 0.229. The smallest absolute Gasteiger partial charge is 0.0491 e. The van der Waals surface area contributed by atoms with E-state index < -0.39 is 0 Å². The van der Waals surface area contributed by atoms with Gasteiger partial charge in [0.25, 0.3) is 0 Å². The van der Waals surface area contributed by atoms with E-state index in [1.165, 1.54) is 12.8 Å². The van der Waals surface area contributed by atoms with Crippen molar-refractivity contribution in [2.24, 2.45) is 23.2 Å². The number of hydrogen-bond acceptors (Lipinski definition) is 1. The Morgan fingerprint density at radius 2 is 2.07 bits per heavy atom. The predicted molar refractivity (Wildman–Crippen MR) is 61.1 cm³/mol. The minimum Gasteiger partial charge on any atom is -0.396 e. The lowest BCUT2D eigenvalue weighted by Crippen LogP contribution is -2.22. The topological polar surface area (TPSA) is 20.2 Å². The van der Waals surface area contributed by atoms with Gasteiger partial charge < -0.3 is 5.11 Å². The Bertz CT molecular complexity index is 205. The van der Waals surface area contributed by atoms with Gasteiger partial charge >= 0.3 is 0 Å². The van der Waals surface area contributed by atoms with E-state index in [2.05, 4.69) is 39.8 Å². The molecule has 0 aromatic rings. The molecule has 0 amide bonds. The summed E-state index contributed by atoms with van der Waals surface area (Å²) >= 11 is 0. The molecule has 3 atom stereocenters. The van der Waals surface area contributed by atoms with E-state index in [1.807, 2.05) is 0 Å². The summed E-state index contributed by atoms with van der Waals surface area (Å²) in [6.45, 7) is 9.40. The fourth-order valence-electron chi connectivity index (χ4n) is 2.27. The van der Waals surface area contributed by atoms with Crippen LogP contribution in [0.5, 0.6) is 0 Å². The van der Waals surface area contributed by atoms with Crippen LogP contribution < -0.4 is 0 Å². The van der Waals surface area contributed by atoms with Crippen molar-refractivity contribution in [2.45, 2.75) is 40.5 Å². The normalized spacial score (nSPS) is 33.8. The van der Waals surface area contributed by atoms with Gasteiger partial charge in [-0.15, -0.1) is 0 Å².